The number of nitrogens with two attached hydrogens (primary N) is 2. The number of rotatable bonds is 6. The molecular formula is C12H18N3O3+. The SMILES string of the molecule is COCC[NH2+][C@@H](C(=O)NC(N)=O)c1ccccc1. The molecule has 0 aliphatic rings. The van der Waals surface area contributed by atoms with Gasteiger partial charge in [-0.2, -0.15) is 0 Å². The highest BCUT2D eigenvalue weighted by Gasteiger charge is 2.24. The zero-order valence-corrected chi connectivity index (χ0v) is 10.3. The smallest absolute Gasteiger partial charge is 0.319 e. The second-order valence-electron chi connectivity index (χ2n) is 3.76. The highest BCUT2D eigenvalue weighted by atomic mass is 16.5. The second kappa shape index (κ2) is 7.41. The average Bonchev–Trinajstić information content (AvgIpc) is 2.35. The standard InChI is InChI=1S/C12H17N3O3/c1-18-8-7-14-10(11(16)15-12(13)17)9-5-3-2-4-6-9/h2-6,10,14H,7-8H2,1H3,(H3,13,15,16,17)/p+1/t10-/m1/s1. The molecule has 5 N–H and O–H groups in total. The van der Waals surface area contributed by atoms with Crippen molar-refractivity contribution >= 4 is 11.9 Å². The van der Waals surface area contributed by atoms with Gasteiger partial charge < -0.3 is 15.8 Å². The molecule has 0 saturated carbocycles. The van der Waals surface area contributed by atoms with Gasteiger partial charge in [0.2, 0.25) is 0 Å². The lowest BCUT2D eigenvalue weighted by molar-refractivity contribution is -0.684. The highest BCUT2D eigenvalue weighted by Crippen LogP contribution is 2.07. The lowest BCUT2D eigenvalue weighted by Crippen LogP contribution is -2.88. The summed E-state index contributed by atoms with van der Waals surface area (Å²) in [6.45, 7) is 1.13. The Morgan fingerprint density at radius 2 is 2.06 bits per heavy atom. The predicted octanol–water partition coefficient (Wildman–Crippen LogP) is -0.868. The van der Waals surface area contributed by atoms with Crippen molar-refractivity contribution < 1.29 is 19.6 Å². The summed E-state index contributed by atoms with van der Waals surface area (Å²) < 4.78 is 4.93. The first-order valence-electron chi connectivity index (χ1n) is 5.62. The van der Waals surface area contributed by atoms with Crippen LogP contribution in [0.2, 0.25) is 0 Å². The Bertz CT molecular complexity index is 395. The molecule has 1 aromatic carbocycles. The Morgan fingerprint density at radius 3 is 2.61 bits per heavy atom. The molecule has 0 aliphatic heterocycles. The number of hydrogen-bond acceptors (Lipinski definition) is 3. The molecule has 0 fully saturated rings. The van der Waals surface area contributed by atoms with Crippen molar-refractivity contribution in [1.82, 2.24) is 5.32 Å². The summed E-state index contributed by atoms with van der Waals surface area (Å²) in [5.41, 5.74) is 5.77. The number of amides is 3. The average molecular weight is 252 g/mol. The van der Waals surface area contributed by atoms with Gasteiger partial charge in [0, 0.05) is 12.7 Å². The Balaban J connectivity index is 2.75. The van der Waals surface area contributed by atoms with Gasteiger partial charge in [-0.05, 0) is 0 Å². The number of hydrogen-bond donors (Lipinski definition) is 3. The maximum atomic E-state index is 11.9. The molecule has 98 valence electrons. The summed E-state index contributed by atoms with van der Waals surface area (Å²) in [7, 11) is 1.59. The molecule has 3 amide bonds. The minimum Gasteiger partial charge on any atom is -0.379 e. The molecule has 0 spiro atoms. The molecule has 6 heteroatoms. The van der Waals surface area contributed by atoms with Crippen LogP contribution in [0, 0.1) is 0 Å². The van der Waals surface area contributed by atoms with E-state index in [0.29, 0.717) is 13.2 Å². The first-order chi connectivity index (χ1) is 8.65. The van der Waals surface area contributed by atoms with Crippen molar-refractivity contribution in [1.29, 1.82) is 0 Å². The van der Waals surface area contributed by atoms with Crippen molar-refractivity contribution in [2.45, 2.75) is 6.04 Å². The number of imide groups is 1. The van der Waals surface area contributed by atoms with E-state index in [4.69, 9.17) is 10.5 Å². The molecule has 1 aromatic rings. The van der Waals surface area contributed by atoms with E-state index < -0.39 is 18.0 Å². The van der Waals surface area contributed by atoms with Gasteiger partial charge in [0.15, 0.2) is 6.04 Å². The zero-order valence-electron chi connectivity index (χ0n) is 10.3. The van der Waals surface area contributed by atoms with E-state index in [-0.39, 0.29) is 0 Å². The van der Waals surface area contributed by atoms with Gasteiger partial charge in [-0.3, -0.25) is 10.1 Å². The van der Waals surface area contributed by atoms with E-state index in [0.717, 1.165) is 5.56 Å². The Kier molecular flexibility index (Phi) is 5.83. The molecule has 18 heavy (non-hydrogen) atoms. The summed E-state index contributed by atoms with van der Waals surface area (Å²) >= 11 is 0. The third-order valence-electron chi connectivity index (χ3n) is 2.41. The van der Waals surface area contributed by atoms with Crippen molar-refractivity contribution in [2.24, 2.45) is 5.73 Å². The largest absolute Gasteiger partial charge is 0.379 e. The summed E-state index contributed by atoms with van der Waals surface area (Å²) in [5.74, 6) is -0.426. The third-order valence-corrected chi connectivity index (χ3v) is 2.41. The van der Waals surface area contributed by atoms with Crippen LogP contribution in [0.5, 0.6) is 0 Å². The number of benzene rings is 1. The Morgan fingerprint density at radius 1 is 1.39 bits per heavy atom. The molecule has 1 atom stereocenters. The van der Waals surface area contributed by atoms with Crippen molar-refractivity contribution in [3.63, 3.8) is 0 Å². The predicted molar refractivity (Wildman–Crippen MR) is 65.6 cm³/mol. The van der Waals surface area contributed by atoms with E-state index in [1.54, 1.807) is 12.4 Å². The number of quaternary nitrogens is 1. The first kappa shape index (κ1) is 14.1. The maximum absolute atomic E-state index is 11.9. The van der Waals surface area contributed by atoms with Crippen LogP contribution in [0.4, 0.5) is 4.79 Å². The minimum atomic E-state index is -0.846. The number of nitrogens with one attached hydrogen (secondary N) is 1. The summed E-state index contributed by atoms with van der Waals surface area (Å²) in [4.78, 5) is 22.6. The van der Waals surface area contributed by atoms with Crippen LogP contribution in [0.25, 0.3) is 0 Å². The molecule has 0 saturated heterocycles. The fourth-order valence-electron chi connectivity index (χ4n) is 1.61. The summed E-state index contributed by atoms with van der Waals surface area (Å²) in [6.07, 6.45) is 0. The molecule has 0 radical (unpaired) electrons. The van der Waals surface area contributed by atoms with E-state index >= 15 is 0 Å². The number of carbonyl (C=O) groups excluding carboxylic acids is 2. The normalized spacial score (nSPS) is 11.8. The van der Waals surface area contributed by atoms with E-state index in [2.05, 4.69) is 5.32 Å². The molecule has 0 aromatic heterocycles. The molecular weight excluding hydrogens is 234 g/mol. The van der Waals surface area contributed by atoms with Crippen LogP contribution in [0.3, 0.4) is 0 Å². The summed E-state index contributed by atoms with van der Waals surface area (Å²) in [5, 5.41) is 3.90. The molecule has 0 heterocycles. The van der Waals surface area contributed by atoms with Gasteiger partial charge in [-0.15, -0.1) is 0 Å². The highest BCUT2D eigenvalue weighted by molar-refractivity contribution is 5.96. The van der Waals surface area contributed by atoms with Gasteiger partial charge in [-0.25, -0.2) is 4.79 Å². The molecule has 1 rings (SSSR count). The molecule has 0 unspecified atom stereocenters. The monoisotopic (exact) mass is 252 g/mol. The first-order valence-corrected chi connectivity index (χ1v) is 5.62. The molecule has 0 aliphatic carbocycles. The zero-order chi connectivity index (χ0) is 13.4. The quantitative estimate of drug-likeness (QED) is 0.574. The van der Waals surface area contributed by atoms with E-state index in [9.17, 15) is 9.59 Å². The maximum Gasteiger partial charge on any atom is 0.319 e. The molecule has 0 bridgehead atoms. The van der Waals surface area contributed by atoms with Crippen molar-refractivity contribution in [3.8, 4) is 0 Å². The fourth-order valence-corrected chi connectivity index (χ4v) is 1.61. The van der Waals surface area contributed by atoms with E-state index in [1.807, 2.05) is 30.3 Å². The minimum absolute atomic E-state index is 0.426. The number of primary amides is 1. The second-order valence-corrected chi connectivity index (χ2v) is 3.76. The third kappa shape index (κ3) is 4.52. The van der Waals surface area contributed by atoms with Crippen LogP contribution >= 0.6 is 0 Å². The Labute approximate surface area is 105 Å². The lowest BCUT2D eigenvalue weighted by Gasteiger charge is -2.14. The van der Waals surface area contributed by atoms with Crippen LogP contribution in [-0.2, 0) is 9.53 Å². The fraction of sp³-hybridized carbons (Fsp3) is 0.333. The number of ether oxygens (including phenoxy) is 1. The van der Waals surface area contributed by atoms with Crippen LogP contribution in [0.15, 0.2) is 30.3 Å². The number of carbonyl (C=O) groups is 2. The molecule has 6 nitrogen and oxygen atoms in total. The van der Waals surface area contributed by atoms with Crippen molar-refractivity contribution in [3.05, 3.63) is 35.9 Å². The topological polar surface area (TPSA) is 98.0 Å². The van der Waals surface area contributed by atoms with Crippen LogP contribution in [0.1, 0.15) is 11.6 Å². The van der Waals surface area contributed by atoms with E-state index in [1.165, 1.54) is 0 Å². The van der Waals surface area contributed by atoms with Gasteiger partial charge in [0.05, 0.1) is 6.61 Å². The number of urea groups is 1. The Hall–Kier alpha value is -1.92. The number of methoxy groups -OCH3 is 1. The van der Waals surface area contributed by atoms with Crippen LogP contribution in [-0.4, -0.2) is 32.2 Å². The summed E-state index contributed by atoms with van der Waals surface area (Å²) in [6, 6.07) is 7.84. The van der Waals surface area contributed by atoms with Crippen molar-refractivity contribution in [2.75, 3.05) is 20.3 Å². The van der Waals surface area contributed by atoms with Gasteiger partial charge in [0.25, 0.3) is 5.91 Å². The van der Waals surface area contributed by atoms with Gasteiger partial charge in [-0.1, -0.05) is 30.3 Å². The lowest BCUT2D eigenvalue weighted by atomic mass is 10.1. The van der Waals surface area contributed by atoms with Gasteiger partial charge >= 0.3 is 6.03 Å². The van der Waals surface area contributed by atoms with Gasteiger partial charge in [0.1, 0.15) is 6.54 Å². The van der Waals surface area contributed by atoms with Crippen LogP contribution < -0.4 is 16.4 Å².